The first-order chi connectivity index (χ1) is 6.81. The molecule has 7 heteroatoms. The number of alkyl halides is 3. The van der Waals surface area contributed by atoms with Gasteiger partial charge in [0.05, 0.1) is 12.3 Å². The van der Waals surface area contributed by atoms with Gasteiger partial charge in [-0.15, -0.1) is 0 Å². The first kappa shape index (κ1) is 16.2. The van der Waals surface area contributed by atoms with Crippen LogP contribution in [0.15, 0.2) is 0 Å². The molecule has 0 radical (unpaired) electrons. The van der Waals surface area contributed by atoms with Crippen molar-refractivity contribution in [1.29, 1.82) is 0 Å². The second kappa shape index (κ2) is 9.29. The Hall–Kier alpha value is -1.27. The third kappa shape index (κ3) is 15.5. The van der Waals surface area contributed by atoms with E-state index in [1.807, 2.05) is 6.92 Å². The van der Waals surface area contributed by atoms with Crippen LogP contribution in [0.5, 0.6) is 0 Å². The van der Waals surface area contributed by atoms with Crippen molar-refractivity contribution in [1.82, 2.24) is 0 Å². The van der Waals surface area contributed by atoms with Gasteiger partial charge in [0.1, 0.15) is 0 Å². The average Bonchev–Trinajstić information content (AvgIpc) is 2.01. The van der Waals surface area contributed by atoms with Crippen LogP contribution in [-0.4, -0.2) is 28.8 Å². The number of carboxylic acids is 2. The third-order valence-corrected chi connectivity index (χ3v) is 1.41. The highest BCUT2D eigenvalue weighted by Gasteiger charge is 2.19. The fourth-order valence-electron chi connectivity index (χ4n) is 0.872. The molecule has 15 heavy (non-hydrogen) atoms. The number of halogens is 3. The number of carboxylic acid groups (broad SMARTS) is 2. The lowest BCUT2D eigenvalue weighted by atomic mass is 10.0. The van der Waals surface area contributed by atoms with Crippen LogP contribution in [0.4, 0.5) is 13.2 Å². The van der Waals surface area contributed by atoms with Crippen LogP contribution in [0.25, 0.3) is 0 Å². The maximum atomic E-state index is 10.4. The van der Waals surface area contributed by atoms with Crippen LogP contribution < -0.4 is 0 Å². The zero-order valence-electron chi connectivity index (χ0n) is 8.12. The van der Waals surface area contributed by atoms with Crippen LogP contribution >= 0.6 is 0 Å². The summed E-state index contributed by atoms with van der Waals surface area (Å²) in [5.74, 6) is -2.79. The summed E-state index contributed by atoms with van der Waals surface area (Å²) in [6, 6.07) is 0. The van der Waals surface area contributed by atoms with E-state index in [0.717, 1.165) is 0 Å². The minimum atomic E-state index is -3.67. The number of rotatable bonds is 5. The molecular formula is C8H13F3O4. The van der Waals surface area contributed by atoms with Crippen molar-refractivity contribution < 1.29 is 33.0 Å². The van der Waals surface area contributed by atoms with Crippen LogP contribution in [-0.2, 0) is 9.59 Å². The standard InChI is InChI=1S/C7H12O4.CHF3/c1-2-3-5(7(10)11)4-6(8)9;2-1(3)4/h5H,2-4H2,1H3,(H,8,9)(H,10,11);1H. The molecule has 0 aromatic carbocycles. The fourth-order valence-corrected chi connectivity index (χ4v) is 0.872. The first-order valence-electron chi connectivity index (χ1n) is 4.18. The summed E-state index contributed by atoms with van der Waals surface area (Å²) in [7, 11) is 0. The molecule has 0 aromatic heterocycles. The van der Waals surface area contributed by atoms with E-state index in [9.17, 15) is 22.8 Å². The quantitative estimate of drug-likeness (QED) is 0.758. The first-order valence-corrected chi connectivity index (χ1v) is 4.18. The smallest absolute Gasteiger partial charge is 0.379 e. The van der Waals surface area contributed by atoms with Crippen LogP contribution in [0.2, 0.25) is 0 Å². The molecule has 0 saturated heterocycles. The molecule has 0 heterocycles. The molecule has 0 rings (SSSR count). The van der Waals surface area contributed by atoms with Crippen molar-refractivity contribution in [2.24, 2.45) is 5.92 Å². The van der Waals surface area contributed by atoms with Gasteiger partial charge in [-0.2, -0.15) is 13.2 Å². The molecule has 1 atom stereocenters. The predicted octanol–water partition coefficient (Wildman–Crippen LogP) is 2.14. The number of hydrogen-bond donors (Lipinski definition) is 2. The summed E-state index contributed by atoms with van der Waals surface area (Å²) < 4.78 is 29.0. The largest absolute Gasteiger partial charge is 0.481 e. The molecule has 2 N–H and O–H groups in total. The molecule has 0 amide bonds. The third-order valence-electron chi connectivity index (χ3n) is 1.41. The van der Waals surface area contributed by atoms with Crippen LogP contribution in [0.1, 0.15) is 26.2 Å². The maximum absolute atomic E-state index is 10.4. The van der Waals surface area contributed by atoms with Gasteiger partial charge >= 0.3 is 18.6 Å². The van der Waals surface area contributed by atoms with Crippen LogP contribution in [0.3, 0.4) is 0 Å². The normalized spacial score (nSPS) is 11.5. The zero-order valence-corrected chi connectivity index (χ0v) is 8.12. The SMILES string of the molecule is CCCC(CC(=O)O)C(=O)O.FC(F)F. The predicted molar refractivity (Wildman–Crippen MR) is 45.4 cm³/mol. The molecular weight excluding hydrogens is 217 g/mol. The summed E-state index contributed by atoms with van der Waals surface area (Å²) in [5, 5.41) is 16.8. The molecule has 0 aliphatic rings. The van der Waals surface area contributed by atoms with Crippen LogP contribution in [0, 0.1) is 5.92 Å². The highest BCUT2D eigenvalue weighted by atomic mass is 19.4. The second-order valence-electron chi connectivity index (χ2n) is 2.67. The van der Waals surface area contributed by atoms with E-state index in [1.165, 1.54) is 0 Å². The van der Waals surface area contributed by atoms with E-state index in [1.54, 1.807) is 0 Å². The van der Waals surface area contributed by atoms with Gasteiger partial charge in [0.2, 0.25) is 0 Å². The summed E-state index contributed by atoms with van der Waals surface area (Å²) in [6.07, 6.45) is 0.856. The van der Waals surface area contributed by atoms with E-state index in [-0.39, 0.29) is 6.42 Å². The van der Waals surface area contributed by atoms with Crippen molar-refractivity contribution in [3.05, 3.63) is 0 Å². The molecule has 0 saturated carbocycles. The molecule has 4 nitrogen and oxygen atoms in total. The highest BCUT2D eigenvalue weighted by molar-refractivity contribution is 5.77. The summed E-state index contributed by atoms with van der Waals surface area (Å²) >= 11 is 0. The van der Waals surface area contributed by atoms with Gasteiger partial charge in [-0.05, 0) is 6.42 Å². The van der Waals surface area contributed by atoms with Gasteiger partial charge in [-0.25, -0.2) is 0 Å². The molecule has 0 fully saturated rings. The second-order valence-corrected chi connectivity index (χ2v) is 2.67. The summed E-state index contributed by atoms with van der Waals surface area (Å²) in [6.45, 7) is -1.84. The van der Waals surface area contributed by atoms with E-state index >= 15 is 0 Å². The van der Waals surface area contributed by atoms with E-state index in [0.29, 0.717) is 12.8 Å². The lowest BCUT2D eigenvalue weighted by molar-refractivity contribution is -0.148. The molecule has 1 unspecified atom stereocenters. The number of hydrogen-bond acceptors (Lipinski definition) is 2. The average molecular weight is 230 g/mol. The molecule has 0 aromatic rings. The lowest BCUT2D eigenvalue weighted by Gasteiger charge is -2.06. The van der Waals surface area contributed by atoms with Gasteiger partial charge in [0, 0.05) is 0 Å². The zero-order chi connectivity index (χ0) is 12.4. The molecule has 0 aliphatic carbocycles. The van der Waals surface area contributed by atoms with Crippen molar-refractivity contribution >= 4 is 11.9 Å². The molecule has 0 aliphatic heterocycles. The van der Waals surface area contributed by atoms with Gasteiger partial charge < -0.3 is 10.2 Å². The van der Waals surface area contributed by atoms with E-state index in [4.69, 9.17) is 10.2 Å². The maximum Gasteiger partial charge on any atom is 0.379 e. The number of aliphatic carboxylic acids is 2. The van der Waals surface area contributed by atoms with Crippen molar-refractivity contribution in [2.45, 2.75) is 32.9 Å². The van der Waals surface area contributed by atoms with Gasteiger partial charge in [0.25, 0.3) is 0 Å². The summed E-state index contributed by atoms with van der Waals surface area (Å²) in [4.78, 5) is 20.5. The van der Waals surface area contributed by atoms with Gasteiger partial charge in [0.15, 0.2) is 0 Å². The highest BCUT2D eigenvalue weighted by Crippen LogP contribution is 2.10. The molecule has 0 spiro atoms. The Morgan fingerprint density at radius 2 is 1.60 bits per heavy atom. The van der Waals surface area contributed by atoms with Crippen molar-refractivity contribution in [2.75, 3.05) is 0 Å². The van der Waals surface area contributed by atoms with Gasteiger partial charge in [-0.3, -0.25) is 9.59 Å². The van der Waals surface area contributed by atoms with Crippen molar-refractivity contribution in [3.8, 4) is 0 Å². The minimum Gasteiger partial charge on any atom is -0.481 e. The van der Waals surface area contributed by atoms with Crippen molar-refractivity contribution in [3.63, 3.8) is 0 Å². The fraction of sp³-hybridized carbons (Fsp3) is 0.750. The Balaban J connectivity index is 0. The Labute approximate surface area is 84.7 Å². The minimum absolute atomic E-state index is 0.275. The van der Waals surface area contributed by atoms with E-state index < -0.39 is 24.5 Å². The Kier molecular flexibility index (Phi) is 10.0. The molecule has 90 valence electrons. The van der Waals surface area contributed by atoms with Gasteiger partial charge in [-0.1, -0.05) is 13.3 Å². The monoisotopic (exact) mass is 230 g/mol. The topological polar surface area (TPSA) is 74.6 Å². The Bertz CT molecular complexity index is 194. The Morgan fingerprint density at radius 1 is 1.20 bits per heavy atom. The Morgan fingerprint density at radius 3 is 1.80 bits per heavy atom. The van der Waals surface area contributed by atoms with E-state index in [2.05, 4.69) is 0 Å². The lowest BCUT2D eigenvalue weighted by Crippen LogP contribution is -2.17. The molecule has 0 bridgehead atoms. The summed E-state index contributed by atoms with van der Waals surface area (Å²) in [5.41, 5.74) is 0. The number of carbonyl (C=O) groups is 2.